The van der Waals surface area contributed by atoms with Crippen molar-refractivity contribution in [2.45, 2.75) is 26.4 Å². The number of benzene rings is 1. The molecule has 1 aromatic carbocycles. The number of aromatic nitrogens is 1. The first-order valence-corrected chi connectivity index (χ1v) is 6.93. The molecule has 1 N–H and O–H groups in total. The van der Waals surface area contributed by atoms with E-state index in [4.69, 9.17) is 11.6 Å². The van der Waals surface area contributed by atoms with Gasteiger partial charge in [0.1, 0.15) is 5.82 Å². The molecule has 0 unspecified atom stereocenters. The summed E-state index contributed by atoms with van der Waals surface area (Å²) in [4.78, 5) is 4.48. The van der Waals surface area contributed by atoms with Crippen LogP contribution in [0.5, 0.6) is 0 Å². The van der Waals surface area contributed by atoms with Crippen LogP contribution in [0.15, 0.2) is 36.9 Å². The Morgan fingerprint density at radius 3 is 2.33 bits per heavy atom. The normalized spacial score (nSPS) is 11.5. The third-order valence-electron chi connectivity index (χ3n) is 3.17. The van der Waals surface area contributed by atoms with Crippen LogP contribution < -0.4 is 0 Å². The van der Waals surface area contributed by atoms with Crippen LogP contribution >= 0.6 is 11.6 Å². The lowest BCUT2D eigenvalue weighted by Gasteiger charge is -2.22. The molecule has 110 valence electrons. The Bertz CT molecular complexity index is 687. The number of hydrogen-bond acceptors (Lipinski definition) is 2. The van der Waals surface area contributed by atoms with Crippen molar-refractivity contribution in [3.8, 4) is 11.3 Å². The van der Waals surface area contributed by atoms with Gasteiger partial charge in [0.25, 0.3) is 0 Å². The van der Waals surface area contributed by atoms with Gasteiger partial charge in [-0.25, -0.2) is 9.37 Å². The van der Waals surface area contributed by atoms with Crippen molar-refractivity contribution in [2.24, 2.45) is 0 Å². The van der Waals surface area contributed by atoms with Gasteiger partial charge in [0.05, 0.1) is 22.0 Å². The van der Waals surface area contributed by atoms with Crippen LogP contribution in [-0.4, -0.2) is 10.1 Å². The predicted molar refractivity (Wildman–Crippen MR) is 84.6 cm³/mol. The molecule has 0 saturated carbocycles. The fourth-order valence-electron chi connectivity index (χ4n) is 1.99. The second kappa shape index (κ2) is 5.58. The van der Waals surface area contributed by atoms with Gasteiger partial charge in [0.15, 0.2) is 0 Å². The standard InChI is InChI=1S/C17H17ClFNO/c1-10(2)14-9-13(17(3,4)21)15(18)16(20-14)11-5-7-12(19)8-6-11/h5-9,21H,1H2,2-4H3. The van der Waals surface area contributed by atoms with E-state index in [9.17, 15) is 9.50 Å². The maximum atomic E-state index is 13.1. The van der Waals surface area contributed by atoms with Gasteiger partial charge in [-0.2, -0.15) is 0 Å². The highest BCUT2D eigenvalue weighted by Crippen LogP contribution is 2.36. The van der Waals surface area contributed by atoms with E-state index in [2.05, 4.69) is 11.6 Å². The number of aliphatic hydroxyl groups is 1. The smallest absolute Gasteiger partial charge is 0.123 e. The summed E-state index contributed by atoms with van der Waals surface area (Å²) < 4.78 is 13.1. The summed E-state index contributed by atoms with van der Waals surface area (Å²) in [5.74, 6) is -0.325. The van der Waals surface area contributed by atoms with E-state index in [1.54, 1.807) is 32.0 Å². The summed E-state index contributed by atoms with van der Waals surface area (Å²) >= 11 is 6.40. The molecule has 0 aliphatic rings. The van der Waals surface area contributed by atoms with Crippen LogP contribution in [0.1, 0.15) is 32.0 Å². The van der Waals surface area contributed by atoms with Gasteiger partial charge in [-0.3, -0.25) is 0 Å². The number of allylic oxidation sites excluding steroid dienone is 1. The van der Waals surface area contributed by atoms with Gasteiger partial charge in [0.2, 0.25) is 0 Å². The molecule has 0 aliphatic heterocycles. The third kappa shape index (κ3) is 3.31. The van der Waals surface area contributed by atoms with Gasteiger partial charge >= 0.3 is 0 Å². The summed E-state index contributed by atoms with van der Waals surface area (Å²) in [6.07, 6.45) is 0. The first kappa shape index (κ1) is 15.7. The van der Waals surface area contributed by atoms with Crippen LogP contribution in [-0.2, 0) is 5.60 Å². The number of pyridine rings is 1. The van der Waals surface area contributed by atoms with Crippen LogP contribution in [0, 0.1) is 5.82 Å². The number of nitrogens with zero attached hydrogens (tertiary/aromatic N) is 1. The first-order chi connectivity index (χ1) is 9.70. The number of halogens is 2. The second-order valence-corrected chi connectivity index (χ2v) is 5.94. The SMILES string of the molecule is C=C(C)c1cc(C(C)(C)O)c(Cl)c(-c2ccc(F)cc2)n1. The molecule has 0 bridgehead atoms. The molecule has 4 heteroatoms. The van der Waals surface area contributed by atoms with E-state index in [1.807, 2.05) is 6.92 Å². The molecule has 2 nitrogen and oxygen atoms in total. The third-order valence-corrected chi connectivity index (χ3v) is 3.55. The van der Waals surface area contributed by atoms with Crippen molar-refractivity contribution >= 4 is 17.2 Å². The van der Waals surface area contributed by atoms with Gasteiger partial charge < -0.3 is 5.11 Å². The lowest BCUT2D eigenvalue weighted by Crippen LogP contribution is -2.17. The Morgan fingerprint density at radius 1 is 1.29 bits per heavy atom. The van der Waals surface area contributed by atoms with Gasteiger partial charge in [-0.15, -0.1) is 0 Å². The zero-order valence-electron chi connectivity index (χ0n) is 12.2. The minimum absolute atomic E-state index is 0.325. The largest absolute Gasteiger partial charge is 0.386 e. The van der Waals surface area contributed by atoms with Crippen LogP contribution in [0.4, 0.5) is 4.39 Å². The minimum atomic E-state index is -1.11. The highest BCUT2D eigenvalue weighted by atomic mass is 35.5. The molecule has 2 rings (SSSR count). The van der Waals surface area contributed by atoms with Crippen molar-refractivity contribution in [2.75, 3.05) is 0 Å². The van der Waals surface area contributed by atoms with Gasteiger partial charge in [0, 0.05) is 11.1 Å². The molecule has 0 fully saturated rings. The van der Waals surface area contributed by atoms with Gasteiger partial charge in [-0.1, -0.05) is 18.2 Å². The number of rotatable bonds is 3. The summed E-state index contributed by atoms with van der Waals surface area (Å²) in [6.45, 7) is 9.03. The van der Waals surface area contributed by atoms with Crippen molar-refractivity contribution in [1.29, 1.82) is 0 Å². The molecule has 0 aliphatic carbocycles. The van der Waals surface area contributed by atoms with Crippen LogP contribution in [0.2, 0.25) is 5.02 Å². The van der Waals surface area contributed by atoms with E-state index in [0.717, 1.165) is 5.57 Å². The van der Waals surface area contributed by atoms with Gasteiger partial charge in [-0.05, 0) is 56.7 Å². The van der Waals surface area contributed by atoms with E-state index in [1.165, 1.54) is 12.1 Å². The van der Waals surface area contributed by atoms with E-state index >= 15 is 0 Å². The molecule has 0 atom stereocenters. The summed E-state index contributed by atoms with van der Waals surface area (Å²) in [7, 11) is 0. The Morgan fingerprint density at radius 2 is 1.86 bits per heavy atom. The summed E-state index contributed by atoms with van der Waals surface area (Å²) in [5, 5.41) is 10.6. The van der Waals surface area contributed by atoms with Crippen molar-refractivity contribution in [1.82, 2.24) is 4.98 Å². The lowest BCUT2D eigenvalue weighted by atomic mass is 9.95. The quantitative estimate of drug-likeness (QED) is 0.883. The summed E-state index contributed by atoms with van der Waals surface area (Å²) in [6, 6.07) is 7.66. The Labute approximate surface area is 128 Å². The summed E-state index contributed by atoms with van der Waals surface area (Å²) in [5.41, 5.74) is 2.07. The zero-order valence-corrected chi connectivity index (χ0v) is 13.0. The molecule has 21 heavy (non-hydrogen) atoms. The molecule has 0 radical (unpaired) electrons. The molecular formula is C17H17ClFNO. The lowest BCUT2D eigenvalue weighted by molar-refractivity contribution is 0.0786. The minimum Gasteiger partial charge on any atom is -0.386 e. The molecule has 0 amide bonds. The molecule has 1 heterocycles. The zero-order chi connectivity index (χ0) is 15.8. The van der Waals surface area contributed by atoms with Crippen LogP contribution in [0.3, 0.4) is 0 Å². The average molecular weight is 306 g/mol. The molecular weight excluding hydrogens is 289 g/mol. The molecule has 1 aromatic heterocycles. The Balaban J connectivity index is 2.73. The number of hydrogen-bond donors (Lipinski definition) is 1. The maximum Gasteiger partial charge on any atom is 0.123 e. The van der Waals surface area contributed by atoms with E-state index in [-0.39, 0.29) is 5.82 Å². The molecule has 0 spiro atoms. The monoisotopic (exact) mass is 305 g/mol. The average Bonchev–Trinajstić information content (AvgIpc) is 2.38. The van der Waals surface area contributed by atoms with Crippen molar-refractivity contribution < 1.29 is 9.50 Å². The fourth-order valence-corrected chi connectivity index (χ4v) is 2.43. The fraction of sp³-hybridized carbons (Fsp3) is 0.235. The Hall–Kier alpha value is -1.71. The molecule has 2 aromatic rings. The van der Waals surface area contributed by atoms with Crippen molar-refractivity contribution in [3.63, 3.8) is 0 Å². The Kier molecular flexibility index (Phi) is 4.17. The maximum absolute atomic E-state index is 13.1. The van der Waals surface area contributed by atoms with Crippen molar-refractivity contribution in [3.05, 3.63) is 59.0 Å². The highest BCUT2D eigenvalue weighted by molar-refractivity contribution is 6.34. The predicted octanol–water partition coefficient (Wildman–Crippen LogP) is 4.80. The van der Waals surface area contributed by atoms with E-state index in [0.29, 0.717) is 27.5 Å². The first-order valence-electron chi connectivity index (χ1n) is 6.55. The van der Waals surface area contributed by atoms with Crippen LogP contribution in [0.25, 0.3) is 16.8 Å². The topological polar surface area (TPSA) is 33.1 Å². The van der Waals surface area contributed by atoms with E-state index < -0.39 is 5.60 Å². The second-order valence-electron chi connectivity index (χ2n) is 5.56. The highest BCUT2D eigenvalue weighted by Gasteiger charge is 2.24. The molecule has 0 saturated heterocycles.